The van der Waals surface area contributed by atoms with Crippen LogP contribution in [-0.2, 0) is 6.54 Å². The maximum Gasteiger partial charge on any atom is 0.117 e. The van der Waals surface area contributed by atoms with Gasteiger partial charge in [-0.25, -0.2) is 0 Å². The van der Waals surface area contributed by atoms with Crippen molar-refractivity contribution >= 4 is 11.8 Å². The number of furan rings is 1. The van der Waals surface area contributed by atoms with Crippen molar-refractivity contribution in [1.82, 2.24) is 5.32 Å². The summed E-state index contributed by atoms with van der Waals surface area (Å²) >= 11 is 2.10. The number of aryl methyl sites for hydroxylation is 1. The Hall–Kier alpha value is -0.410. The molecule has 1 aromatic rings. The Morgan fingerprint density at radius 1 is 1.44 bits per heavy atom. The molecule has 0 aliphatic heterocycles. The van der Waals surface area contributed by atoms with Gasteiger partial charge in [0.2, 0.25) is 0 Å². The van der Waals surface area contributed by atoms with Crippen LogP contribution in [-0.4, -0.2) is 17.0 Å². The Kier molecular flexibility index (Phi) is 4.36. The largest absolute Gasteiger partial charge is 0.465 e. The lowest BCUT2D eigenvalue weighted by Gasteiger charge is -2.11. The number of hydrogen-bond acceptors (Lipinski definition) is 3. The van der Waals surface area contributed by atoms with Crippen LogP contribution in [0.5, 0.6) is 0 Å². The predicted molar refractivity (Wildman–Crippen MR) is 69.8 cm³/mol. The summed E-state index contributed by atoms with van der Waals surface area (Å²) in [4.78, 5) is 0. The van der Waals surface area contributed by atoms with Crippen molar-refractivity contribution in [2.45, 2.75) is 50.9 Å². The Morgan fingerprint density at radius 2 is 2.31 bits per heavy atom. The Bertz CT molecular complexity index is 323. The van der Waals surface area contributed by atoms with Gasteiger partial charge < -0.3 is 9.73 Å². The van der Waals surface area contributed by atoms with Crippen molar-refractivity contribution in [2.75, 3.05) is 5.75 Å². The normalized spacial score (nSPS) is 25.1. The lowest BCUT2D eigenvalue weighted by atomic mass is 10.2. The summed E-state index contributed by atoms with van der Waals surface area (Å²) in [5, 5.41) is 4.47. The standard InChI is InChI=1S/C13H21NOS/c1-3-16-13-7-5-11(8-13)14-9-12-6-4-10(2)15-12/h4,6,11,13-14H,3,5,7-9H2,1-2H3. The molecule has 1 aliphatic carbocycles. The minimum atomic E-state index is 0.689. The van der Waals surface area contributed by atoms with Crippen LogP contribution in [0.1, 0.15) is 37.7 Å². The van der Waals surface area contributed by atoms with Gasteiger partial charge in [0, 0.05) is 11.3 Å². The highest BCUT2D eigenvalue weighted by Crippen LogP contribution is 2.29. The molecule has 16 heavy (non-hydrogen) atoms. The van der Waals surface area contributed by atoms with E-state index in [9.17, 15) is 0 Å². The molecule has 1 aliphatic rings. The van der Waals surface area contributed by atoms with Gasteiger partial charge in [-0.2, -0.15) is 11.8 Å². The van der Waals surface area contributed by atoms with E-state index in [-0.39, 0.29) is 0 Å². The molecule has 1 N–H and O–H groups in total. The minimum Gasteiger partial charge on any atom is -0.465 e. The first-order valence-corrected chi connectivity index (χ1v) is 7.23. The molecule has 1 aromatic heterocycles. The average Bonchev–Trinajstić information content (AvgIpc) is 2.85. The number of hydrogen-bond donors (Lipinski definition) is 1. The molecule has 1 saturated carbocycles. The molecular weight excluding hydrogens is 218 g/mol. The molecule has 3 heteroatoms. The summed E-state index contributed by atoms with van der Waals surface area (Å²) in [6.07, 6.45) is 4.00. The molecule has 1 fully saturated rings. The van der Waals surface area contributed by atoms with E-state index in [0.29, 0.717) is 6.04 Å². The third-order valence-electron chi connectivity index (χ3n) is 3.15. The third kappa shape index (κ3) is 3.29. The van der Waals surface area contributed by atoms with Crippen LogP contribution < -0.4 is 5.32 Å². The van der Waals surface area contributed by atoms with Crippen molar-refractivity contribution in [3.8, 4) is 0 Å². The topological polar surface area (TPSA) is 25.2 Å². The van der Waals surface area contributed by atoms with Crippen molar-refractivity contribution in [3.63, 3.8) is 0 Å². The highest BCUT2D eigenvalue weighted by molar-refractivity contribution is 7.99. The molecule has 2 nitrogen and oxygen atoms in total. The smallest absolute Gasteiger partial charge is 0.117 e. The molecule has 2 rings (SSSR count). The van der Waals surface area contributed by atoms with E-state index in [4.69, 9.17) is 4.42 Å². The quantitative estimate of drug-likeness (QED) is 0.853. The molecule has 0 amide bonds. The Morgan fingerprint density at radius 3 is 3.00 bits per heavy atom. The highest BCUT2D eigenvalue weighted by atomic mass is 32.2. The molecule has 0 saturated heterocycles. The molecule has 0 aromatic carbocycles. The van der Waals surface area contributed by atoms with Crippen LogP contribution in [0.25, 0.3) is 0 Å². The molecular formula is C13H21NOS. The SMILES string of the molecule is CCSC1CCC(NCc2ccc(C)o2)C1. The van der Waals surface area contributed by atoms with E-state index in [2.05, 4.69) is 30.1 Å². The van der Waals surface area contributed by atoms with Crippen molar-refractivity contribution < 1.29 is 4.42 Å². The van der Waals surface area contributed by atoms with Crippen molar-refractivity contribution in [2.24, 2.45) is 0 Å². The zero-order valence-electron chi connectivity index (χ0n) is 10.2. The van der Waals surface area contributed by atoms with E-state index in [1.165, 1.54) is 25.0 Å². The fraction of sp³-hybridized carbons (Fsp3) is 0.692. The summed E-state index contributed by atoms with van der Waals surface area (Å²) in [6.45, 7) is 5.12. The van der Waals surface area contributed by atoms with Crippen molar-refractivity contribution in [1.29, 1.82) is 0 Å². The highest BCUT2D eigenvalue weighted by Gasteiger charge is 2.23. The Labute approximate surface area is 102 Å². The molecule has 2 unspecified atom stereocenters. The van der Waals surface area contributed by atoms with Gasteiger partial charge in [-0.1, -0.05) is 6.92 Å². The first-order valence-electron chi connectivity index (χ1n) is 6.18. The fourth-order valence-electron chi connectivity index (χ4n) is 2.34. The van der Waals surface area contributed by atoms with Crippen LogP contribution >= 0.6 is 11.8 Å². The number of nitrogens with one attached hydrogen (secondary N) is 1. The van der Waals surface area contributed by atoms with E-state index in [1.807, 2.05) is 13.0 Å². The van der Waals surface area contributed by atoms with Gasteiger partial charge in [0.05, 0.1) is 6.54 Å². The second kappa shape index (κ2) is 5.78. The van der Waals surface area contributed by atoms with Gasteiger partial charge in [-0.3, -0.25) is 0 Å². The average molecular weight is 239 g/mol. The third-order valence-corrected chi connectivity index (χ3v) is 4.38. The number of thioether (sulfide) groups is 1. The summed E-state index contributed by atoms with van der Waals surface area (Å²) in [5.41, 5.74) is 0. The van der Waals surface area contributed by atoms with E-state index in [0.717, 1.165) is 23.3 Å². The van der Waals surface area contributed by atoms with Crippen LogP contribution in [0.15, 0.2) is 16.5 Å². The first kappa shape index (κ1) is 12.1. The lowest BCUT2D eigenvalue weighted by molar-refractivity contribution is 0.433. The zero-order chi connectivity index (χ0) is 11.4. The van der Waals surface area contributed by atoms with Crippen molar-refractivity contribution in [3.05, 3.63) is 23.7 Å². The van der Waals surface area contributed by atoms with Crippen LogP contribution in [0.2, 0.25) is 0 Å². The first-order chi connectivity index (χ1) is 7.78. The van der Waals surface area contributed by atoms with Crippen LogP contribution in [0.3, 0.4) is 0 Å². The molecule has 1 heterocycles. The monoisotopic (exact) mass is 239 g/mol. The van der Waals surface area contributed by atoms with Gasteiger partial charge in [0.15, 0.2) is 0 Å². The van der Waals surface area contributed by atoms with E-state index >= 15 is 0 Å². The van der Waals surface area contributed by atoms with Crippen LogP contribution in [0, 0.1) is 6.92 Å². The van der Waals surface area contributed by atoms with Gasteiger partial charge in [-0.15, -0.1) is 0 Å². The zero-order valence-corrected chi connectivity index (χ0v) is 11.0. The van der Waals surface area contributed by atoms with E-state index < -0.39 is 0 Å². The van der Waals surface area contributed by atoms with Gasteiger partial charge in [0.1, 0.15) is 11.5 Å². The van der Waals surface area contributed by atoms with Gasteiger partial charge in [0.25, 0.3) is 0 Å². The van der Waals surface area contributed by atoms with E-state index in [1.54, 1.807) is 0 Å². The number of rotatable bonds is 5. The maximum atomic E-state index is 5.55. The maximum absolute atomic E-state index is 5.55. The fourth-order valence-corrected chi connectivity index (χ4v) is 3.48. The summed E-state index contributed by atoms with van der Waals surface area (Å²) < 4.78 is 5.55. The summed E-state index contributed by atoms with van der Waals surface area (Å²) in [7, 11) is 0. The minimum absolute atomic E-state index is 0.689. The molecule has 2 atom stereocenters. The van der Waals surface area contributed by atoms with Crippen LogP contribution in [0.4, 0.5) is 0 Å². The summed E-state index contributed by atoms with van der Waals surface area (Å²) in [5.74, 6) is 3.31. The molecule has 90 valence electrons. The van der Waals surface area contributed by atoms with Gasteiger partial charge in [-0.05, 0) is 44.1 Å². The predicted octanol–water partition coefficient (Wildman–Crippen LogP) is 3.35. The lowest BCUT2D eigenvalue weighted by Crippen LogP contribution is -2.25. The molecule has 0 radical (unpaired) electrons. The van der Waals surface area contributed by atoms with Gasteiger partial charge >= 0.3 is 0 Å². The molecule has 0 spiro atoms. The second-order valence-corrected chi connectivity index (χ2v) is 6.06. The molecule has 0 bridgehead atoms. The summed E-state index contributed by atoms with van der Waals surface area (Å²) in [6, 6.07) is 4.78. The second-order valence-electron chi connectivity index (χ2n) is 4.48. The Balaban J connectivity index is 1.71.